The van der Waals surface area contributed by atoms with Crippen LogP contribution in [0.15, 0.2) is 24.3 Å². The van der Waals surface area contributed by atoms with Gasteiger partial charge in [-0.1, -0.05) is 32.9 Å². The fraction of sp³-hybridized carbons (Fsp3) is 0.450. The molecule has 1 aromatic carbocycles. The summed E-state index contributed by atoms with van der Waals surface area (Å²) in [5.41, 5.74) is 3.39. The van der Waals surface area contributed by atoms with Gasteiger partial charge in [0.2, 0.25) is 0 Å². The van der Waals surface area contributed by atoms with Gasteiger partial charge in [-0.05, 0) is 37.0 Å². The molecule has 0 unspecified atom stereocenters. The summed E-state index contributed by atoms with van der Waals surface area (Å²) < 4.78 is 12.0. The Morgan fingerprint density at radius 3 is 2.26 bits per heavy atom. The maximum atomic E-state index is 12.0. The highest BCUT2D eigenvalue weighted by atomic mass is 16.6. The molecule has 1 amide bonds. The van der Waals surface area contributed by atoms with Gasteiger partial charge in [0.15, 0.2) is 13.2 Å². The molecule has 0 fully saturated rings. The van der Waals surface area contributed by atoms with Crippen LogP contribution in [0.3, 0.4) is 0 Å². The van der Waals surface area contributed by atoms with E-state index in [2.05, 4.69) is 31.2 Å². The lowest BCUT2D eigenvalue weighted by Gasteiger charge is -2.19. The number of benzene rings is 1. The molecule has 2 rings (SSSR count). The fourth-order valence-corrected chi connectivity index (χ4v) is 2.51. The second kappa shape index (κ2) is 8.24. The van der Waals surface area contributed by atoms with Gasteiger partial charge in [-0.3, -0.25) is 9.48 Å². The molecule has 0 spiro atoms. The molecule has 0 radical (unpaired) electrons. The van der Waals surface area contributed by atoms with Gasteiger partial charge in [-0.2, -0.15) is 5.10 Å². The van der Waals surface area contributed by atoms with E-state index >= 15 is 0 Å². The number of ether oxygens (including phenoxy) is 2. The van der Waals surface area contributed by atoms with Gasteiger partial charge in [0.1, 0.15) is 5.75 Å². The summed E-state index contributed by atoms with van der Waals surface area (Å²) in [6.45, 7) is 9.39. The second-order valence-corrected chi connectivity index (χ2v) is 7.44. The van der Waals surface area contributed by atoms with Crippen molar-refractivity contribution >= 4 is 17.6 Å². The highest BCUT2D eigenvalue weighted by molar-refractivity contribution is 5.93. The zero-order chi connectivity index (χ0) is 20.2. The summed E-state index contributed by atoms with van der Waals surface area (Å²) in [6.07, 6.45) is 0. The van der Waals surface area contributed by atoms with Gasteiger partial charge in [0.05, 0.1) is 17.1 Å². The quantitative estimate of drug-likeness (QED) is 0.787. The number of rotatable bonds is 6. The first-order valence-electron chi connectivity index (χ1n) is 8.77. The van der Waals surface area contributed by atoms with Crippen LogP contribution < -0.4 is 10.1 Å². The number of carbonyl (C=O) groups is 2. The van der Waals surface area contributed by atoms with Crippen molar-refractivity contribution in [3.63, 3.8) is 0 Å². The number of nitrogens with zero attached hydrogens (tertiary/aromatic N) is 2. The SMILES string of the molecule is Cc1nn(C)c(C)c1NC(=O)COC(=O)COc1ccc(C(C)(C)C)cc1. The number of aromatic nitrogens is 2. The van der Waals surface area contributed by atoms with Crippen LogP contribution in [-0.2, 0) is 26.8 Å². The van der Waals surface area contributed by atoms with Crippen molar-refractivity contribution in [2.75, 3.05) is 18.5 Å². The first-order valence-corrected chi connectivity index (χ1v) is 8.77. The van der Waals surface area contributed by atoms with Crippen molar-refractivity contribution in [2.45, 2.75) is 40.0 Å². The van der Waals surface area contributed by atoms with Crippen molar-refractivity contribution in [3.05, 3.63) is 41.2 Å². The minimum absolute atomic E-state index is 0.0514. The first kappa shape index (κ1) is 20.5. The van der Waals surface area contributed by atoms with Crippen molar-refractivity contribution in [1.82, 2.24) is 9.78 Å². The van der Waals surface area contributed by atoms with Crippen LogP contribution in [0.4, 0.5) is 5.69 Å². The van der Waals surface area contributed by atoms with E-state index in [4.69, 9.17) is 9.47 Å². The second-order valence-electron chi connectivity index (χ2n) is 7.44. The maximum Gasteiger partial charge on any atom is 0.344 e. The number of hydrogen-bond acceptors (Lipinski definition) is 5. The number of anilines is 1. The topological polar surface area (TPSA) is 82.5 Å². The Bertz CT molecular complexity index is 817. The van der Waals surface area contributed by atoms with E-state index in [1.54, 1.807) is 18.7 Å². The van der Waals surface area contributed by atoms with E-state index in [0.29, 0.717) is 17.1 Å². The molecule has 7 nitrogen and oxygen atoms in total. The van der Waals surface area contributed by atoms with Gasteiger partial charge in [0, 0.05) is 7.05 Å². The summed E-state index contributed by atoms with van der Waals surface area (Å²) >= 11 is 0. The lowest BCUT2D eigenvalue weighted by molar-refractivity contribution is -0.149. The van der Waals surface area contributed by atoms with Crippen LogP contribution in [0.1, 0.15) is 37.7 Å². The molecular formula is C20H27N3O4. The smallest absolute Gasteiger partial charge is 0.344 e. The zero-order valence-electron chi connectivity index (χ0n) is 16.8. The molecule has 0 atom stereocenters. The molecule has 1 heterocycles. The Balaban J connectivity index is 1.78. The predicted octanol–water partition coefficient (Wildman–Crippen LogP) is 2.90. The predicted molar refractivity (Wildman–Crippen MR) is 103 cm³/mol. The van der Waals surface area contributed by atoms with Crippen LogP contribution in [-0.4, -0.2) is 34.9 Å². The molecular weight excluding hydrogens is 346 g/mol. The molecule has 7 heteroatoms. The number of nitrogens with one attached hydrogen (secondary N) is 1. The number of esters is 1. The molecule has 0 bridgehead atoms. The summed E-state index contributed by atoms with van der Waals surface area (Å²) in [5.74, 6) is -0.451. The molecule has 2 aromatic rings. The summed E-state index contributed by atoms with van der Waals surface area (Å²) in [6, 6.07) is 7.56. The monoisotopic (exact) mass is 373 g/mol. The Morgan fingerprint density at radius 2 is 1.74 bits per heavy atom. The van der Waals surface area contributed by atoms with Crippen LogP contribution in [0, 0.1) is 13.8 Å². The number of hydrogen-bond donors (Lipinski definition) is 1. The van der Waals surface area contributed by atoms with E-state index in [1.807, 2.05) is 31.2 Å². The molecule has 0 saturated carbocycles. The highest BCUT2D eigenvalue weighted by Crippen LogP contribution is 2.24. The van der Waals surface area contributed by atoms with E-state index in [-0.39, 0.29) is 18.6 Å². The number of aryl methyl sites for hydroxylation is 2. The molecule has 1 aromatic heterocycles. The average Bonchev–Trinajstić information content (AvgIpc) is 2.84. The van der Waals surface area contributed by atoms with E-state index in [1.165, 1.54) is 5.56 Å². The first-order chi connectivity index (χ1) is 12.6. The molecule has 1 N–H and O–H groups in total. The van der Waals surface area contributed by atoms with Gasteiger partial charge < -0.3 is 14.8 Å². The third-order valence-corrected chi connectivity index (χ3v) is 4.21. The van der Waals surface area contributed by atoms with Crippen molar-refractivity contribution in [3.8, 4) is 5.75 Å². The summed E-state index contributed by atoms with van der Waals surface area (Å²) in [4.78, 5) is 23.8. The van der Waals surface area contributed by atoms with E-state index < -0.39 is 11.9 Å². The summed E-state index contributed by atoms with van der Waals surface area (Å²) in [5, 5.41) is 6.93. The van der Waals surface area contributed by atoms with Gasteiger partial charge in [-0.25, -0.2) is 4.79 Å². The Kier molecular flexibility index (Phi) is 6.25. The normalized spacial score (nSPS) is 11.2. The highest BCUT2D eigenvalue weighted by Gasteiger charge is 2.15. The zero-order valence-corrected chi connectivity index (χ0v) is 16.8. The van der Waals surface area contributed by atoms with Crippen LogP contribution in [0.5, 0.6) is 5.75 Å². The molecule has 0 saturated heterocycles. The molecule has 0 aliphatic rings. The lowest BCUT2D eigenvalue weighted by Crippen LogP contribution is -2.24. The number of carbonyl (C=O) groups excluding carboxylic acids is 2. The standard InChI is InChI=1S/C20H27N3O4/c1-13-19(14(2)23(6)22-13)21-17(24)11-27-18(25)12-26-16-9-7-15(8-10-16)20(3,4)5/h7-10H,11-12H2,1-6H3,(H,21,24). The maximum absolute atomic E-state index is 12.0. The third-order valence-electron chi connectivity index (χ3n) is 4.21. The Morgan fingerprint density at radius 1 is 1.11 bits per heavy atom. The minimum Gasteiger partial charge on any atom is -0.482 e. The lowest BCUT2D eigenvalue weighted by atomic mass is 9.87. The molecule has 146 valence electrons. The largest absolute Gasteiger partial charge is 0.482 e. The summed E-state index contributed by atoms with van der Waals surface area (Å²) in [7, 11) is 1.80. The van der Waals surface area contributed by atoms with Crippen molar-refractivity contribution in [2.24, 2.45) is 7.05 Å². The Hall–Kier alpha value is -2.83. The van der Waals surface area contributed by atoms with Gasteiger partial charge in [0.25, 0.3) is 5.91 Å². The fourth-order valence-electron chi connectivity index (χ4n) is 2.51. The van der Waals surface area contributed by atoms with Crippen molar-refractivity contribution < 1.29 is 19.1 Å². The minimum atomic E-state index is -0.607. The third kappa shape index (κ3) is 5.57. The molecule has 27 heavy (non-hydrogen) atoms. The van der Waals surface area contributed by atoms with Gasteiger partial charge >= 0.3 is 5.97 Å². The molecule has 0 aliphatic heterocycles. The Labute approximate surface area is 159 Å². The van der Waals surface area contributed by atoms with Crippen LogP contribution in [0.2, 0.25) is 0 Å². The van der Waals surface area contributed by atoms with E-state index in [9.17, 15) is 9.59 Å². The van der Waals surface area contributed by atoms with Crippen molar-refractivity contribution in [1.29, 1.82) is 0 Å². The molecule has 0 aliphatic carbocycles. The van der Waals surface area contributed by atoms with Crippen LogP contribution in [0.25, 0.3) is 0 Å². The number of amides is 1. The van der Waals surface area contributed by atoms with E-state index in [0.717, 1.165) is 5.69 Å². The van der Waals surface area contributed by atoms with Gasteiger partial charge in [-0.15, -0.1) is 0 Å². The van der Waals surface area contributed by atoms with Crippen LogP contribution >= 0.6 is 0 Å². The average molecular weight is 373 g/mol.